The minimum absolute atomic E-state index is 0.190. The largest absolute Gasteiger partial charge is 0.334 e. The molecule has 1 amide bonds. The maximum Gasteiger partial charge on any atom is 0.254 e. The first kappa shape index (κ1) is 16.3. The molecule has 5 nitrogen and oxygen atoms in total. The van der Waals surface area contributed by atoms with Gasteiger partial charge in [-0.2, -0.15) is 0 Å². The number of rotatable bonds is 4. The molecule has 0 N–H and O–H groups in total. The van der Waals surface area contributed by atoms with Gasteiger partial charge < -0.3 is 14.4 Å². The van der Waals surface area contributed by atoms with Crippen molar-refractivity contribution in [2.24, 2.45) is 0 Å². The second-order valence-corrected chi connectivity index (χ2v) is 7.33. The van der Waals surface area contributed by atoms with Gasteiger partial charge in [0.05, 0.1) is 6.33 Å². The fourth-order valence-corrected chi connectivity index (χ4v) is 4.43. The van der Waals surface area contributed by atoms with Gasteiger partial charge in [0.15, 0.2) is 0 Å². The summed E-state index contributed by atoms with van der Waals surface area (Å²) in [5.41, 5.74) is 1.95. The second-order valence-electron chi connectivity index (χ2n) is 7.33. The van der Waals surface area contributed by atoms with Crippen LogP contribution in [-0.2, 0) is 6.54 Å². The molecule has 2 atom stereocenters. The number of carbonyl (C=O) groups is 1. The van der Waals surface area contributed by atoms with E-state index < -0.39 is 0 Å². The van der Waals surface area contributed by atoms with Crippen molar-refractivity contribution in [3.8, 4) is 0 Å². The van der Waals surface area contributed by atoms with Crippen LogP contribution in [0.25, 0.3) is 0 Å². The summed E-state index contributed by atoms with van der Waals surface area (Å²) in [4.78, 5) is 21.8. The second kappa shape index (κ2) is 7.00. The third kappa shape index (κ3) is 3.33. The lowest BCUT2D eigenvalue weighted by Crippen LogP contribution is -2.47. The van der Waals surface area contributed by atoms with Gasteiger partial charge >= 0.3 is 0 Å². The Hall–Kier alpha value is -2.14. The molecule has 2 fully saturated rings. The Morgan fingerprint density at radius 2 is 2.04 bits per heavy atom. The SMILES string of the molecule is CN1CCC[C@H]1[C@@H]1CCCN1C(=O)c1cccc(Cn2ccnc2)c1. The van der Waals surface area contributed by atoms with Crippen LogP contribution in [0.5, 0.6) is 0 Å². The van der Waals surface area contributed by atoms with E-state index >= 15 is 0 Å². The highest BCUT2D eigenvalue weighted by molar-refractivity contribution is 5.94. The van der Waals surface area contributed by atoms with Crippen LogP contribution in [0.2, 0.25) is 0 Å². The predicted molar refractivity (Wildman–Crippen MR) is 97.5 cm³/mol. The molecule has 5 heteroatoms. The first-order valence-electron chi connectivity index (χ1n) is 9.28. The molecule has 0 bridgehead atoms. The minimum Gasteiger partial charge on any atom is -0.334 e. The van der Waals surface area contributed by atoms with Crippen molar-refractivity contribution in [1.82, 2.24) is 19.4 Å². The Labute approximate surface area is 149 Å². The maximum absolute atomic E-state index is 13.2. The molecule has 132 valence electrons. The molecule has 2 aromatic rings. The molecular weight excluding hydrogens is 312 g/mol. The smallest absolute Gasteiger partial charge is 0.254 e. The van der Waals surface area contributed by atoms with Crippen molar-refractivity contribution in [2.75, 3.05) is 20.1 Å². The number of nitrogens with zero attached hydrogens (tertiary/aromatic N) is 4. The van der Waals surface area contributed by atoms with Crippen molar-refractivity contribution in [1.29, 1.82) is 0 Å². The van der Waals surface area contributed by atoms with Crippen LogP contribution in [-0.4, -0.2) is 57.5 Å². The molecule has 2 aliphatic heterocycles. The monoisotopic (exact) mass is 338 g/mol. The molecular formula is C20H26N4O. The van der Waals surface area contributed by atoms with Crippen LogP contribution in [0.3, 0.4) is 0 Å². The van der Waals surface area contributed by atoms with Crippen molar-refractivity contribution < 1.29 is 4.79 Å². The quantitative estimate of drug-likeness (QED) is 0.860. The average Bonchev–Trinajstić information content (AvgIpc) is 3.35. The summed E-state index contributed by atoms with van der Waals surface area (Å²) in [7, 11) is 2.20. The Morgan fingerprint density at radius 1 is 1.20 bits per heavy atom. The summed E-state index contributed by atoms with van der Waals surface area (Å²) in [6, 6.07) is 8.96. The molecule has 0 unspecified atom stereocenters. The lowest BCUT2D eigenvalue weighted by atomic mass is 10.0. The number of imidazole rings is 1. The van der Waals surface area contributed by atoms with E-state index in [0.29, 0.717) is 12.1 Å². The molecule has 1 aromatic heterocycles. The average molecular weight is 338 g/mol. The molecule has 4 rings (SSSR count). The van der Waals surface area contributed by atoms with E-state index in [2.05, 4.69) is 27.9 Å². The minimum atomic E-state index is 0.190. The summed E-state index contributed by atoms with van der Waals surface area (Å²) >= 11 is 0. The third-order valence-electron chi connectivity index (χ3n) is 5.68. The van der Waals surface area contributed by atoms with Crippen LogP contribution >= 0.6 is 0 Å². The highest BCUT2D eigenvalue weighted by Gasteiger charge is 2.38. The van der Waals surface area contributed by atoms with Crippen molar-refractivity contribution >= 4 is 5.91 Å². The lowest BCUT2D eigenvalue weighted by Gasteiger charge is -2.33. The van der Waals surface area contributed by atoms with Gasteiger partial charge in [-0.25, -0.2) is 4.98 Å². The summed E-state index contributed by atoms with van der Waals surface area (Å²) < 4.78 is 2.02. The molecule has 0 spiro atoms. The van der Waals surface area contributed by atoms with Gasteiger partial charge in [0.1, 0.15) is 0 Å². The molecule has 0 aliphatic carbocycles. The zero-order chi connectivity index (χ0) is 17.2. The number of likely N-dealkylation sites (N-methyl/N-ethyl adjacent to an activating group) is 1. The van der Waals surface area contributed by atoms with Gasteiger partial charge in [-0.1, -0.05) is 12.1 Å². The highest BCUT2D eigenvalue weighted by atomic mass is 16.2. The van der Waals surface area contributed by atoms with Gasteiger partial charge in [0, 0.05) is 43.1 Å². The van der Waals surface area contributed by atoms with E-state index in [0.717, 1.165) is 43.6 Å². The molecule has 0 saturated carbocycles. The number of amides is 1. The molecule has 2 aliphatic rings. The van der Waals surface area contributed by atoms with Gasteiger partial charge in [0.25, 0.3) is 5.91 Å². The van der Waals surface area contributed by atoms with Crippen LogP contribution < -0.4 is 0 Å². The first-order valence-corrected chi connectivity index (χ1v) is 9.28. The van der Waals surface area contributed by atoms with E-state index in [1.807, 2.05) is 29.0 Å². The van der Waals surface area contributed by atoms with E-state index in [4.69, 9.17) is 0 Å². The topological polar surface area (TPSA) is 41.4 Å². The molecule has 25 heavy (non-hydrogen) atoms. The van der Waals surface area contributed by atoms with Gasteiger partial charge in [0.2, 0.25) is 0 Å². The molecule has 0 radical (unpaired) electrons. The van der Waals surface area contributed by atoms with Crippen molar-refractivity contribution in [3.05, 3.63) is 54.1 Å². The summed E-state index contributed by atoms with van der Waals surface area (Å²) in [5.74, 6) is 0.190. The maximum atomic E-state index is 13.2. The van der Waals surface area contributed by atoms with Gasteiger partial charge in [-0.05, 0) is 57.0 Å². The zero-order valence-corrected chi connectivity index (χ0v) is 14.8. The van der Waals surface area contributed by atoms with Crippen LogP contribution in [0.1, 0.15) is 41.6 Å². The number of carbonyl (C=O) groups excluding carboxylic acids is 1. The van der Waals surface area contributed by atoms with E-state index in [9.17, 15) is 4.79 Å². The number of aromatic nitrogens is 2. The van der Waals surface area contributed by atoms with Crippen LogP contribution in [0.15, 0.2) is 43.0 Å². The van der Waals surface area contributed by atoms with Crippen molar-refractivity contribution in [3.63, 3.8) is 0 Å². The number of hydrogen-bond donors (Lipinski definition) is 0. The number of hydrogen-bond acceptors (Lipinski definition) is 3. The lowest BCUT2D eigenvalue weighted by molar-refractivity contribution is 0.0664. The summed E-state index contributed by atoms with van der Waals surface area (Å²) in [5, 5.41) is 0. The molecule has 3 heterocycles. The van der Waals surface area contributed by atoms with Crippen LogP contribution in [0, 0.1) is 0 Å². The van der Waals surface area contributed by atoms with Gasteiger partial charge in [-0.3, -0.25) is 4.79 Å². The fourth-order valence-electron chi connectivity index (χ4n) is 4.43. The van der Waals surface area contributed by atoms with E-state index in [-0.39, 0.29) is 5.91 Å². The van der Waals surface area contributed by atoms with Gasteiger partial charge in [-0.15, -0.1) is 0 Å². The van der Waals surface area contributed by atoms with E-state index in [1.165, 1.54) is 12.8 Å². The Bertz CT molecular complexity index is 727. The fraction of sp³-hybridized carbons (Fsp3) is 0.500. The highest BCUT2D eigenvalue weighted by Crippen LogP contribution is 2.30. The molecule has 2 saturated heterocycles. The number of benzene rings is 1. The molecule has 1 aromatic carbocycles. The predicted octanol–water partition coefficient (Wildman–Crippen LogP) is 2.63. The summed E-state index contributed by atoms with van der Waals surface area (Å²) in [6.07, 6.45) is 10.3. The summed E-state index contributed by atoms with van der Waals surface area (Å²) in [6.45, 7) is 2.79. The van der Waals surface area contributed by atoms with E-state index in [1.54, 1.807) is 12.5 Å². The Balaban J connectivity index is 1.51. The zero-order valence-electron chi connectivity index (χ0n) is 14.8. The van der Waals surface area contributed by atoms with Crippen molar-refractivity contribution in [2.45, 2.75) is 44.3 Å². The Morgan fingerprint density at radius 3 is 2.80 bits per heavy atom. The normalized spacial score (nSPS) is 24.1. The Kier molecular flexibility index (Phi) is 4.57. The standard InChI is InChI=1S/C20H26N4O/c1-22-10-3-7-18(22)19-8-4-11-24(19)20(25)17-6-2-5-16(13-17)14-23-12-9-21-15-23/h2,5-6,9,12-13,15,18-19H,3-4,7-8,10-11,14H2,1H3/t18-,19-/m0/s1. The van der Waals surface area contributed by atoms with Crippen LogP contribution in [0.4, 0.5) is 0 Å². The first-order chi connectivity index (χ1) is 12.2. The third-order valence-corrected chi connectivity index (χ3v) is 5.68. The number of likely N-dealkylation sites (tertiary alicyclic amines) is 2.